The van der Waals surface area contributed by atoms with Crippen molar-refractivity contribution in [2.24, 2.45) is 5.92 Å². The first-order valence-electron chi connectivity index (χ1n) is 6.45. The Morgan fingerprint density at radius 2 is 1.80 bits per heavy atom. The lowest BCUT2D eigenvalue weighted by atomic mass is 9.81. The number of aryl methyl sites for hydroxylation is 1. The van der Waals surface area contributed by atoms with Gasteiger partial charge in [-0.1, -0.05) is 0 Å². The third kappa shape index (κ3) is 2.77. The van der Waals surface area contributed by atoms with Crippen LogP contribution in [0, 0.1) is 12.8 Å². The molecule has 0 aliphatic heterocycles. The minimum atomic E-state index is -1.14. The van der Waals surface area contributed by atoms with Gasteiger partial charge in [0.2, 0.25) is 0 Å². The molecule has 1 aromatic rings. The summed E-state index contributed by atoms with van der Waals surface area (Å²) >= 11 is 0. The van der Waals surface area contributed by atoms with Crippen LogP contribution in [0.15, 0.2) is 23.1 Å². The van der Waals surface area contributed by atoms with Gasteiger partial charge in [0.1, 0.15) is 5.92 Å². The molecular weight excluding hydrogens is 276 g/mol. The van der Waals surface area contributed by atoms with Crippen LogP contribution in [-0.4, -0.2) is 27.8 Å². The molecule has 0 spiro atoms. The van der Waals surface area contributed by atoms with Gasteiger partial charge in [-0.15, -0.1) is 0 Å². The SMILES string of the molecule is Cc1cc(S(C)=O)ccc1C(=O)C1C(=O)CCCC1=O. The van der Waals surface area contributed by atoms with Crippen LogP contribution in [0.3, 0.4) is 0 Å². The van der Waals surface area contributed by atoms with Crippen LogP contribution < -0.4 is 0 Å². The quantitative estimate of drug-likeness (QED) is 0.630. The Balaban J connectivity index is 2.36. The molecule has 5 heteroatoms. The van der Waals surface area contributed by atoms with Gasteiger partial charge in [0, 0.05) is 40.4 Å². The molecule has 106 valence electrons. The van der Waals surface area contributed by atoms with Gasteiger partial charge in [-0.25, -0.2) is 0 Å². The maximum atomic E-state index is 12.4. The van der Waals surface area contributed by atoms with Gasteiger partial charge >= 0.3 is 0 Å². The summed E-state index contributed by atoms with van der Waals surface area (Å²) in [5.41, 5.74) is 1.02. The van der Waals surface area contributed by atoms with Crippen LogP contribution in [0.5, 0.6) is 0 Å². The lowest BCUT2D eigenvalue weighted by Crippen LogP contribution is -2.35. The van der Waals surface area contributed by atoms with Crippen molar-refractivity contribution in [1.82, 2.24) is 0 Å². The monoisotopic (exact) mass is 292 g/mol. The van der Waals surface area contributed by atoms with Crippen LogP contribution in [0.1, 0.15) is 35.2 Å². The van der Waals surface area contributed by atoms with Crippen molar-refractivity contribution in [2.45, 2.75) is 31.1 Å². The number of ketones is 3. The average Bonchev–Trinajstić information content (AvgIpc) is 2.38. The van der Waals surface area contributed by atoms with E-state index < -0.39 is 22.5 Å². The molecule has 1 atom stereocenters. The maximum Gasteiger partial charge on any atom is 0.181 e. The first-order chi connectivity index (χ1) is 9.41. The zero-order valence-electron chi connectivity index (χ0n) is 11.5. The highest BCUT2D eigenvalue weighted by molar-refractivity contribution is 7.84. The lowest BCUT2D eigenvalue weighted by Gasteiger charge is -2.19. The lowest BCUT2D eigenvalue weighted by molar-refractivity contribution is -0.133. The van der Waals surface area contributed by atoms with Crippen LogP contribution in [0.4, 0.5) is 0 Å². The highest BCUT2D eigenvalue weighted by Gasteiger charge is 2.36. The summed E-state index contributed by atoms with van der Waals surface area (Å²) in [7, 11) is -1.12. The second-order valence-electron chi connectivity index (χ2n) is 5.01. The molecule has 1 aliphatic rings. The summed E-state index contributed by atoms with van der Waals surface area (Å²) in [6.07, 6.45) is 2.68. The minimum Gasteiger partial charge on any atom is -0.298 e. The van der Waals surface area contributed by atoms with E-state index in [4.69, 9.17) is 0 Å². The largest absolute Gasteiger partial charge is 0.298 e. The predicted molar refractivity (Wildman–Crippen MR) is 75.2 cm³/mol. The van der Waals surface area contributed by atoms with E-state index >= 15 is 0 Å². The van der Waals surface area contributed by atoms with Crippen LogP contribution >= 0.6 is 0 Å². The summed E-state index contributed by atoms with van der Waals surface area (Å²) in [4.78, 5) is 36.7. The van der Waals surface area contributed by atoms with Crippen LogP contribution in [0.25, 0.3) is 0 Å². The smallest absolute Gasteiger partial charge is 0.181 e. The molecule has 0 N–H and O–H groups in total. The van der Waals surface area contributed by atoms with Gasteiger partial charge < -0.3 is 0 Å². The third-order valence-corrected chi connectivity index (χ3v) is 4.47. The van der Waals surface area contributed by atoms with E-state index in [-0.39, 0.29) is 24.4 Å². The number of hydrogen-bond donors (Lipinski definition) is 0. The second kappa shape index (κ2) is 5.79. The van der Waals surface area contributed by atoms with E-state index in [1.807, 2.05) is 0 Å². The van der Waals surface area contributed by atoms with Crippen molar-refractivity contribution in [1.29, 1.82) is 0 Å². The molecule has 1 unspecified atom stereocenters. The van der Waals surface area contributed by atoms with Gasteiger partial charge in [-0.3, -0.25) is 18.6 Å². The van der Waals surface area contributed by atoms with E-state index in [9.17, 15) is 18.6 Å². The van der Waals surface area contributed by atoms with Crippen LogP contribution in [0.2, 0.25) is 0 Å². The minimum absolute atomic E-state index is 0.284. The molecular formula is C15H16O4S. The number of hydrogen-bond acceptors (Lipinski definition) is 4. The fourth-order valence-electron chi connectivity index (χ4n) is 2.44. The van der Waals surface area contributed by atoms with E-state index in [1.165, 1.54) is 0 Å². The second-order valence-corrected chi connectivity index (χ2v) is 6.39. The Bertz CT molecular complexity index is 602. The van der Waals surface area contributed by atoms with Gasteiger partial charge in [-0.2, -0.15) is 0 Å². The summed E-state index contributed by atoms with van der Waals surface area (Å²) < 4.78 is 11.4. The average molecular weight is 292 g/mol. The Kier molecular flexibility index (Phi) is 4.28. The number of Topliss-reactive ketones (excluding diaryl/α,β-unsaturated/α-hetero) is 3. The van der Waals surface area contributed by atoms with Gasteiger partial charge in [-0.05, 0) is 37.1 Å². The Labute approximate surface area is 120 Å². The summed E-state index contributed by atoms with van der Waals surface area (Å²) in [6.45, 7) is 1.72. The highest BCUT2D eigenvalue weighted by Crippen LogP contribution is 2.24. The van der Waals surface area contributed by atoms with Crippen molar-refractivity contribution in [3.8, 4) is 0 Å². The fourth-order valence-corrected chi connectivity index (χ4v) is 3.05. The molecule has 0 heterocycles. The molecule has 1 aromatic carbocycles. The Morgan fingerprint density at radius 1 is 1.20 bits per heavy atom. The maximum absolute atomic E-state index is 12.4. The predicted octanol–water partition coefficient (Wildman–Crippen LogP) is 1.85. The van der Waals surface area contributed by atoms with Crippen LogP contribution in [-0.2, 0) is 20.4 Å². The molecule has 0 aromatic heterocycles. The molecule has 0 saturated heterocycles. The molecule has 0 bridgehead atoms. The number of benzene rings is 1. The molecule has 0 radical (unpaired) electrons. The molecule has 1 fully saturated rings. The van der Waals surface area contributed by atoms with E-state index in [0.717, 1.165) is 0 Å². The van der Waals surface area contributed by atoms with Gasteiger partial charge in [0.15, 0.2) is 17.3 Å². The molecule has 0 amide bonds. The Hall–Kier alpha value is -1.62. The zero-order valence-corrected chi connectivity index (χ0v) is 12.3. The molecule has 2 rings (SSSR count). The van der Waals surface area contributed by atoms with Gasteiger partial charge in [0.05, 0.1) is 0 Å². The highest BCUT2D eigenvalue weighted by atomic mass is 32.2. The molecule has 20 heavy (non-hydrogen) atoms. The summed E-state index contributed by atoms with van der Waals surface area (Å²) in [5.74, 6) is -2.13. The van der Waals surface area contributed by atoms with Crippen molar-refractivity contribution in [3.63, 3.8) is 0 Å². The molecule has 4 nitrogen and oxygen atoms in total. The summed E-state index contributed by atoms with van der Waals surface area (Å²) in [5, 5.41) is 0. The van der Waals surface area contributed by atoms with Gasteiger partial charge in [0.25, 0.3) is 0 Å². The van der Waals surface area contributed by atoms with Crippen molar-refractivity contribution >= 4 is 28.1 Å². The number of carbonyl (C=O) groups is 3. The standard InChI is InChI=1S/C15H16O4S/c1-9-8-10(20(2)19)6-7-11(9)15(18)14-12(16)4-3-5-13(14)17/h6-8,14H,3-5H2,1-2H3. The Morgan fingerprint density at radius 3 is 2.30 bits per heavy atom. The van der Waals surface area contributed by atoms with E-state index in [0.29, 0.717) is 22.4 Å². The molecule has 1 saturated carbocycles. The van der Waals surface area contributed by atoms with Crippen molar-refractivity contribution in [3.05, 3.63) is 29.3 Å². The van der Waals surface area contributed by atoms with Crippen molar-refractivity contribution < 1.29 is 18.6 Å². The topological polar surface area (TPSA) is 68.3 Å². The molecule has 1 aliphatic carbocycles. The fraction of sp³-hybridized carbons (Fsp3) is 0.400. The third-order valence-electron chi connectivity index (χ3n) is 3.55. The van der Waals surface area contributed by atoms with Crippen molar-refractivity contribution in [2.75, 3.05) is 6.26 Å². The van der Waals surface area contributed by atoms with E-state index in [2.05, 4.69) is 0 Å². The number of rotatable bonds is 3. The first kappa shape index (κ1) is 14.8. The van der Waals surface area contributed by atoms with E-state index in [1.54, 1.807) is 31.4 Å². The summed E-state index contributed by atoms with van der Waals surface area (Å²) in [6, 6.07) is 4.83. The zero-order chi connectivity index (χ0) is 14.9. The normalized spacial score (nSPS) is 18.1. The first-order valence-corrected chi connectivity index (χ1v) is 8.01. The number of carbonyl (C=O) groups excluding carboxylic acids is 3.